The zero-order chi connectivity index (χ0) is 27.7. The quantitative estimate of drug-likeness (QED) is 0.247. The first-order chi connectivity index (χ1) is 19.6. The van der Waals surface area contributed by atoms with Gasteiger partial charge < -0.3 is 14.8 Å². The molecule has 4 heterocycles. The molecule has 40 heavy (non-hydrogen) atoms. The molecule has 2 amide bonds. The number of pyridine rings is 2. The molecule has 0 saturated carbocycles. The number of benzene rings is 1. The molecule has 3 aromatic rings. The third-order valence-electron chi connectivity index (χ3n) is 6.88. The number of rotatable bonds is 6. The first-order valence-electron chi connectivity index (χ1n) is 13.3. The average Bonchev–Trinajstić information content (AvgIpc) is 3.01. The second kappa shape index (κ2) is 13.3. The molecule has 0 aliphatic carbocycles. The van der Waals surface area contributed by atoms with Gasteiger partial charge in [0.15, 0.2) is 0 Å². The second-order valence-electron chi connectivity index (χ2n) is 9.70. The summed E-state index contributed by atoms with van der Waals surface area (Å²) >= 11 is 0. The maximum Gasteiger partial charge on any atom is 0.274 e. The van der Waals surface area contributed by atoms with Crippen LogP contribution in [0.25, 0.3) is 11.3 Å². The van der Waals surface area contributed by atoms with Crippen LogP contribution in [0.4, 0.5) is 5.82 Å². The fourth-order valence-electron chi connectivity index (χ4n) is 4.58. The molecule has 2 aliphatic rings. The smallest absolute Gasteiger partial charge is 0.274 e. The molecule has 0 atom stereocenters. The first-order valence-corrected chi connectivity index (χ1v) is 13.3. The van der Waals surface area contributed by atoms with E-state index in [4.69, 9.17) is 14.7 Å². The molecule has 5 rings (SSSR count). The topological polar surface area (TPSA) is 126 Å². The van der Waals surface area contributed by atoms with Crippen molar-refractivity contribution in [2.45, 2.75) is 19.4 Å². The number of carbonyl (C=O) groups excluding carboxylic acids is 2. The fourth-order valence-corrected chi connectivity index (χ4v) is 4.58. The van der Waals surface area contributed by atoms with Crippen molar-refractivity contribution in [1.29, 1.82) is 0 Å². The highest BCUT2D eigenvalue weighted by atomic mass is 16.5. The number of nitrogens with one attached hydrogen (secondary N) is 2. The van der Waals surface area contributed by atoms with Crippen LogP contribution in [0.2, 0.25) is 0 Å². The number of hydroxylamine groups is 1. The number of anilines is 1. The number of carbonyl (C=O) groups is 2. The molecule has 2 aromatic heterocycles. The van der Waals surface area contributed by atoms with Crippen LogP contribution in [0.15, 0.2) is 54.7 Å². The second-order valence-corrected chi connectivity index (χ2v) is 9.70. The van der Waals surface area contributed by atoms with Crippen molar-refractivity contribution in [3.63, 3.8) is 0 Å². The fraction of sp³-hybridized carbons (Fsp3) is 0.333. The Morgan fingerprint density at radius 1 is 0.950 bits per heavy atom. The molecular weight excluding hydrogens is 510 g/mol. The maximum absolute atomic E-state index is 12.7. The lowest BCUT2D eigenvalue weighted by Gasteiger charge is -2.26. The summed E-state index contributed by atoms with van der Waals surface area (Å²) in [4.78, 5) is 36.3. The summed E-state index contributed by atoms with van der Waals surface area (Å²) in [6, 6.07) is 14.4. The molecule has 10 nitrogen and oxygen atoms in total. The highest BCUT2D eigenvalue weighted by Crippen LogP contribution is 2.23. The SMILES string of the molecule is O=C(NO)c1cc(NC(=O)C2CCOCC2)nc(-c2ccc(C#Cc3ccc(CN4CCOCC4)nc3)cc2)c1. The minimum atomic E-state index is -0.697. The number of morpholine rings is 1. The molecule has 0 bridgehead atoms. The van der Waals surface area contributed by atoms with Gasteiger partial charge in [0.1, 0.15) is 5.82 Å². The van der Waals surface area contributed by atoms with Crippen molar-refractivity contribution in [3.8, 4) is 23.1 Å². The van der Waals surface area contributed by atoms with Gasteiger partial charge in [-0.25, -0.2) is 10.5 Å². The van der Waals surface area contributed by atoms with Gasteiger partial charge >= 0.3 is 0 Å². The zero-order valence-electron chi connectivity index (χ0n) is 22.1. The summed E-state index contributed by atoms with van der Waals surface area (Å²) in [7, 11) is 0. The van der Waals surface area contributed by atoms with Gasteiger partial charge in [0, 0.05) is 67.2 Å². The van der Waals surface area contributed by atoms with Crippen molar-refractivity contribution in [2.75, 3.05) is 44.8 Å². The van der Waals surface area contributed by atoms with Crippen LogP contribution < -0.4 is 10.8 Å². The molecule has 0 radical (unpaired) electrons. The summed E-state index contributed by atoms with van der Waals surface area (Å²) in [5.74, 6) is 5.49. The normalized spacial score (nSPS) is 16.0. The van der Waals surface area contributed by atoms with Crippen molar-refractivity contribution in [2.24, 2.45) is 5.92 Å². The van der Waals surface area contributed by atoms with E-state index in [9.17, 15) is 9.59 Å². The van der Waals surface area contributed by atoms with Gasteiger partial charge in [0.2, 0.25) is 5.91 Å². The minimum absolute atomic E-state index is 0.169. The zero-order valence-corrected chi connectivity index (χ0v) is 22.1. The average molecular weight is 542 g/mol. The molecule has 206 valence electrons. The predicted octanol–water partition coefficient (Wildman–Crippen LogP) is 2.86. The summed E-state index contributed by atoms with van der Waals surface area (Å²) in [5.41, 5.74) is 5.65. The van der Waals surface area contributed by atoms with Gasteiger partial charge in [0.25, 0.3) is 5.91 Å². The van der Waals surface area contributed by atoms with Gasteiger partial charge in [-0.15, -0.1) is 0 Å². The van der Waals surface area contributed by atoms with Crippen molar-refractivity contribution < 1.29 is 24.3 Å². The van der Waals surface area contributed by atoms with Crippen molar-refractivity contribution in [1.82, 2.24) is 20.3 Å². The Labute approximate surface area is 232 Å². The Morgan fingerprint density at radius 2 is 1.65 bits per heavy atom. The van der Waals surface area contributed by atoms with E-state index < -0.39 is 5.91 Å². The van der Waals surface area contributed by atoms with Crippen molar-refractivity contribution >= 4 is 17.6 Å². The Hall–Kier alpha value is -4.14. The van der Waals surface area contributed by atoms with Crippen LogP contribution >= 0.6 is 0 Å². The lowest BCUT2D eigenvalue weighted by Crippen LogP contribution is -2.35. The Bertz CT molecular complexity index is 1390. The molecule has 2 fully saturated rings. The summed E-state index contributed by atoms with van der Waals surface area (Å²) in [6.45, 7) is 5.23. The molecule has 1 aromatic carbocycles. The monoisotopic (exact) mass is 541 g/mol. The van der Waals surface area contributed by atoms with E-state index in [0.717, 1.165) is 55.2 Å². The van der Waals surface area contributed by atoms with Crippen molar-refractivity contribution in [3.05, 3.63) is 77.1 Å². The van der Waals surface area contributed by atoms with Gasteiger partial charge in [-0.2, -0.15) is 0 Å². The largest absolute Gasteiger partial charge is 0.381 e. The van der Waals surface area contributed by atoms with E-state index in [1.54, 1.807) is 17.7 Å². The third kappa shape index (κ3) is 7.28. The first kappa shape index (κ1) is 27.4. The van der Waals surface area contributed by atoms with Crippen LogP contribution in [0.3, 0.4) is 0 Å². The van der Waals surface area contributed by atoms with Crippen LogP contribution in [0.5, 0.6) is 0 Å². The lowest BCUT2D eigenvalue weighted by atomic mass is 9.99. The van der Waals surface area contributed by atoms with E-state index >= 15 is 0 Å². The summed E-state index contributed by atoms with van der Waals surface area (Å²) in [6.07, 6.45) is 3.05. The molecule has 2 saturated heterocycles. The highest BCUT2D eigenvalue weighted by molar-refractivity contribution is 5.97. The Balaban J connectivity index is 1.28. The highest BCUT2D eigenvalue weighted by Gasteiger charge is 2.22. The molecule has 0 unspecified atom stereocenters. The summed E-state index contributed by atoms with van der Waals surface area (Å²) in [5, 5.41) is 12.0. The number of nitrogens with zero attached hydrogens (tertiary/aromatic N) is 3. The number of amides is 2. The van der Waals surface area contributed by atoms with Crippen LogP contribution in [0, 0.1) is 17.8 Å². The van der Waals surface area contributed by atoms with Gasteiger partial charge in [0.05, 0.1) is 24.6 Å². The van der Waals surface area contributed by atoms with E-state index in [0.29, 0.717) is 31.7 Å². The van der Waals surface area contributed by atoms with Gasteiger partial charge in [-0.1, -0.05) is 24.0 Å². The van der Waals surface area contributed by atoms with Crippen LogP contribution in [0.1, 0.15) is 40.0 Å². The van der Waals surface area contributed by atoms with E-state index in [-0.39, 0.29) is 23.2 Å². The number of aromatic nitrogens is 2. The number of hydrogen-bond acceptors (Lipinski definition) is 8. The van der Waals surface area contributed by atoms with Crippen LogP contribution in [-0.2, 0) is 20.8 Å². The molecule has 2 aliphatic heterocycles. The number of hydrogen-bond donors (Lipinski definition) is 3. The molecule has 10 heteroatoms. The minimum Gasteiger partial charge on any atom is -0.381 e. The van der Waals surface area contributed by atoms with Gasteiger partial charge in [-0.3, -0.25) is 24.7 Å². The van der Waals surface area contributed by atoms with E-state index in [1.807, 2.05) is 36.4 Å². The maximum atomic E-state index is 12.7. The van der Waals surface area contributed by atoms with E-state index in [1.165, 1.54) is 6.07 Å². The molecule has 3 N–H and O–H groups in total. The van der Waals surface area contributed by atoms with Crippen LogP contribution in [-0.4, -0.2) is 71.4 Å². The van der Waals surface area contributed by atoms with Gasteiger partial charge in [-0.05, 0) is 49.2 Å². The third-order valence-corrected chi connectivity index (χ3v) is 6.88. The number of ether oxygens (including phenoxy) is 2. The van der Waals surface area contributed by atoms with E-state index in [2.05, 4.69) is 32.0 Å². The predicted molar refractivity (Wildman–Crippen MR) is 147 cm³/mol. The molecular formula is C30H31N5O5. The standard InChI is InChI=1S/C30H31N5O5/c36-29(24-9-13-39-14-10-24)33-28-18-25(30(37)34-38)17-27(32-28)23-6-3-21(4-7-23)1-2-22-5-8-26(31-19-22)20-35-11-15-40-16-12-35/h3-8,17-19,24,38H,9-16,20H2,(H,34,37)(H,32,33,36). The lowest BCUT2D eigenvalue weighted by molar-refractivity contribution is -0.122. The summed E-state index contributed by atoms with van der Waals surface area (Å²) < 4.78 is 10.7. The molecule has 0 spiro atoms. The Kier molecular flexibility index (Phi) is 9.11. The Morgan fingerprint density at radius 3 is 2.35 bits per heavy atom.